The van der Waals surface area contributed by atoms with Gasteiger partial charge in [0.05, 0.1) is 26.4 Å². The van der Waals surface area contributed by atoms with Crippen molar-refractivity contribution < 1.29 is 19.1 Å². The maximum atomic E-state index is 11.9. The van der Waals surface area contributed by atoms with Gasteiger partial charge in [-0.1, -0.05) is 12.1 Å². The molecule has 0 bridgehead atoms. The zero-order chi connectivity index (χ0) is 19.6. The maximum Gasteiger partial charge on any atom is 0.309 e. The Balaban J connectivity index is 1.31. The summed E-state index contributed by atoms with van der Waals surface area (Å²) in [4.78, 5) is 28.3. The normalized spacial score (nSPS) is 17.9. The third-order valence-electron chi connectivity index (χ3n) is 5.04. The minimum Gasteiger partial charge on any atom is -0.379 e. The van der Waals surface area contributed by atoms with E-state index >= 15 is 0 Å². The van der Waals surface area contributed by atoms with Crippen molar-refractivity contribution in [1.29, 1.82) is 0 Å². The van der Waals surface area contributed by atoms with Gasteiger partial charge in [-0.15, -0.1) is 0 Å². The van der Waals surface area contributed by atoms with Crippen LogP contribution in [0, 0.1) is 0 Å². The molecule has 154 valence electrons. The van der Waals surface area contributed by atoms with Gasteiger partial charge in [-0.05, 0) is 24.1 Å². The smallest absolute Gasteiger partial charge is 0.309 e. The molecule has 8 heteroatoms. The Morgan fingerprint density at radius 1 is 0.821 bits per heavy atom. The molecule has 2 heterocycles. The Kier molecular flexibility index (Phi) is 8.07. The average Bonchev–Trinajstić information content (AvgIpc) is 2.75. The lowest BCUT2D eigenvalue weighted by Gasteiger charge is -2.28. The van der Waals surface area contributed by atoms with Crippen molar-refractivity contribution in [3.63, 3.8) is 0 Å². The molecule has 0 spiro atoms. The molecule has 2 saturated heterocycles. The predicted molar refractivity (Wildman–Crippen MR) is 106 cm³/mol. The lowest BCUT2D eigenvalue weighted by atomic mass is 10.1. The zero-order valence-corrected chi connectivity index (χ0v) is 16.3. The number of amides is 2. The molecule has 2 aliphatic heterocycles. The Hall–Kier alpha value is -2.16. The Bertz CT molecular complexity index is 626. The van der Waals surface area contributed by atoms with Crippen LogP contribution in [0.5, 0.6) is 0 Å². The number of morpholine rings is 2. The number of nitrogens with one attached hydrogen (secondary N) is 2. The molecule has 2 N–H and O–H groups in total. The van der Waals surface area contributed by atoms with Gasteiger partial charge in [0.15, 0.2) is 0 Å². The van der Waals surface area contributed by atoms with Crippen LogP contribution in [-0.2, 0) is 25.5 Å². The fourth-order valence-electron chi connectivity index (χ4n) is 3.33. The second-order valence-corrected chi connectivity index (χ2v) is 6.98. The third kappa shape index (κ3) is 6.47. The molecule has 2 aliphatic rings. The van der Waals surface area contributed by atoms with Crippen LogP contribution >= 0.6 is 0 Å². The number of rotatable bonds is 7. The second kappa shape index (κ2) is 11.0. The first-order valence-electron chi connectivity index (χ1n) is 10.00. The highest BCUT2D eigenvalue weighted by molar-refractivity contribution is 6.35. The summed E-state index contributed by atoms with van der Waals surface area (Å²) in [5.74, 6) is -1.15. The van der Waals surface area contributed by atoms with Gasteiger partial charge in [-0.3, -0.25) is 14.5 Å². The molecule has 1 aromatic carbocycles. The molecular formula is C20H30N4O4. The lowest BCUT2D eigenvalue weighted by Crippen LogP contribution is -2.45. The minimum absolute atomic E-state index is 0.437. The van der Waals surface area contributed by atoms with Crippen LogP contribution in [-0.4, -0.2) is 89.0 Å². The molecule has 0 saturated carbocycles. The van der Waals surface area contributed by atoms with Crippen LogP contribution in [0.2, 0.25) is 0 Å². The summed E-state index contributed by atoms with van der Waals surface area (Å²) in [6, 6.07) is 8.33. The Labute approximate surface area is 166 Å². The Morgan fingerprint density at radius 2 is 1.39 bits per heavy atom. The average molecular weight is 390 g/mol. The largest absolute Gasteiger partial charge is 0.379 e. The quantitative estimate of drug-likeness (QED) is 0.619. The first kappa shape index (κ1) is 20.6. The van der Waals surface area contributed by atoms with Crippen LogP contribution in [0.25, 0.3) is 0 Å². The number of carbonyl (C=O) groups is 2. The van der Waals surface area contributed by atoms with Crippen LogP contribution in [0.15, 0.2) is 24.3 Å². The lowest BCUT2D eigenvalue weighted by molar-refractivity contribution is -0.139. The molecule has 0 radical (unpaired) electrons. The fraction of sp³-hybridized carbons (Fsp3) is 0.600. The molecule has 0 unspecified atom stereocenters. The summed E-state index contributed by atoms with van der Waals surface area (Å²) >= 11 is 0. The standard InChI is InChI=1S/C20H30N4O4/c25-19(20(26)22-7-8-23-9-13-27-14-10-23)21-6-5-17-1-3-18(4-2-17)24-11-15-28-16-12-24/h1-4H,5-16H2,(H,21,25)(H,22,26). The molecule has 0 aromatic heterocycles. The van der Waals surface area contributed by atoms with E-state index in [-0.39, 0.29) is 0 Å². The minimum atomic E-state index is -0.577. The van der Waals surface area contributed by atoms with E-state index in [0.717, 1.165) is 64.7 Å². The number of hydrogen-bond acceptors (Lipinski definition) is 6. The third-order valence-corrected chi connectivity index (χ3v) is 5.04. The summed E-state index contributed by atoms with van der Waals surface area (Å²) in [5, 5.41) is 5.36. The number of carbonyl (C=O) groups excluding carboxylic acids is 2. The molecule has 3 rings (SSSR count). The van der Waals surface area contributed by atoms with Crippen molar-refractivity contribution in [2.24, 2.45) is 0 Å². The van der Waals surface area contributed by atoms with E-state index in [4.69, 9.17) is 9.47 Å². The number of anilines is 1. The number of ether oxygens (including phenoxy) is 2. The van der Waals surface area contributed by atoms with Gasteiger partial charge in [0.2, 0.25) is 0 Å². The second-order valence-electron chi connectivity index (χ2n) is 6.98. The van der Waals surface area contributed by atoms with Crippen LogP contribution in [0.1, 0.15) is 5.56 Å². The summed E-state index contributed by atoms with van der Waals surface area (Å²) in [6.45, 7) is 8.18. The van der Waals surface area contributed by atoms with E-state index in [0.29, 0.717) is 19.5 Å². The van der Waals surface area contributed by atoms with Gasteiger partial charge in [0, 0.05) is 51.5 Å². The summed E-state index contributed by atoms with van der Waals surface area (Å²) < 4.78 is 10.7. The van der Waals surface area contributed by atoms with E-state index in [1.165, 1.54) is 5.69 Å². The van der Waals surface area contributed by atoms with Gasteiger partial charge in [-0.2, -0.15) is 0 Å². The van der Waals surface area contributed by atoms with Crippen molar-refractivity contribution in [3.05, 3.63) is 29.8 Å². The van der Waals surface area contributed by atoms with Crippen LogP contribution in [0.4, 0.5) is 5.69 Å². The van der Waals surface area contributed by atoms with Crippen LogP contribution < -0.4 is 15.5 Å². The van der Waals surface area contributed by atoms with E-state index in [2.05, 4.69) is 44.7 Å². The predicted octanol–water partition coefficient (Wildman–Crippen LogP) is -0.370. The number of hydrogen-bond donors (Lipinski definition) is 2. The van der Waals surface area contributed by atoms with Crippen molar-refractivity contribution in [2.45, 2.75) is 6.42 Å². The van der Waals surface area contributed by atoms with Gasteiger partial charge >= 0.3 is 11.8 Å². The topological polar surface area (TPSA) is 83.1 Å². The summed E-state index contributed by atoms with van der Waals surface area (Å²) in [6.07, 6.45) is 0.691. The van der Waals surface area contributed by atoms with E-state index in [1.54, 1.807) is 0 Å². The van der Waals surface area contributed by atoms with Crippen LogP contribution in [0.3, 0.4) is 0 Å². The molecule has 0 atom stereocenters. The van der Waals surface area contributed by atoms with Gasteiger partial charge < -0.3 is 25.0 Å². The molecule has 2 fully saturated rings. The van der Waals surface area contributed by atoms with Crippen molar-refractivity contribution in [1.82, 2.24) is 15.5 Å². The molecule has 28 heavy (non-hydrogen) atoms. The SMILES string of the molecule is O=C(NCCc1ccc(N2CCOCC2)cc1)C(=O)NCCN1CCOCC1. The summed E-state index contributed by atoms with van der Waals surface area (Å²) in [5.41, 5.74) is 2.32. The van der Waals surface area contributed by atoms with E-state index < -0.39 is 11.8 Å². The Morgan fingerprint density at radius 3 is 2.04 bits per heavy atom. The van der Waals surface area contributed by atoms with Gasteiger partial charge in [0.1, 0.15) is 0 Å². The highest BCUT2D eigenvalue weighted by Crippen LogP contribution is 2.16. The first-order chi connectivity index (χ1) is 13.7. The molecule has 1 aromatic rings. The fourth-order valence-corrected chi connectivity index (χ4v) is 3.33. The maximum absolute atomic E-state index is 11.9. The monoisotopic (exact) mass is 390 g/mol. The first-order valence-corrected chi connectivity index (χ1v) is 10.00. The van der Waals surface area contributed by atoms with E-state index in [9.17, 15) is 9.59 Å². The van der Waals surface area contributed by atoms with E-state index in [1.807, 2.05) is 0 Å². The number of benzene rings is 1. The summed E-state index contributed by atoms with van der Waals surface area (Å²) in [7, 11) is 0. The number of nitrogens with zero attached hydrogens (tertiary/aromatic N) is 2. The van der Waals surface area contributed by atoms with Crippen molar-refractivity contribution >= 4 is 17.5 Å². The van der Waals surface area contributed by atoms with Gasteiger partial charge in [0.25, 0.3) is 0 Å². The molecule has 8 nitrogen and oxygen atoms in total. The zero-order valence-electron chi connectivity index (χ0n) is 16.3. The van der Waals surface area contributed by atoms with Gasteiger partial charge in [-0.25, -0.2) is 0 Å². The van der Waals surface area contributed by atoms with Crippen molar-refractivity contribution in [3.8, 4) is 0 Å². The van der Waals surface area contributed by atoms with Crippen molar-refractivity contribution in [2.75, 3.05) is 77.1 Å². The molecular weight excluding hydrogens is 360 g/mol. The highest BCUT2D eigenvalue weighted by Gasteiger charge is 2.14. The highest BCUT2D eigenvalue weighted by atomic mass is 16.5. The molecule has 0 aliphatic carbocycles. The molecule has 2 amide bonds.